The molecule has 0 aliphatic rings. The lowest BCUT2D eigenvalue weighted by atomic mass is 10.2. The van der Waals surface area contributed by atoms with Gasteiger partial charge in [0.25, 0.3) is 0 Å². The molecule has 0 amide bonds. The highest BCUT2D eigenvalue weighted by molar-refractivity contribution is 6.08. The Morgan fingerprint density at radius 2 is 1.75 bits per heavy atom. The van der Waals surface area contributed by atoms with Crippen LogP contribution in [0.1, 0.15) is 0 Å². The third kappa shape index (κ3) is 2.81. The van der Waals surface area contributed by atoms with E-state index in [-0.39, 0.29) is 11.4 Å². The van der Waals surface area contributed by atoms with Crippen LogP contribution in [-0.2, 0) is 9.59 Å². The molecule has 0 spiro atoms. The Labute approximate surface area is 90.5 Å². The zero-order chi connectivity index (χ0) is 12.1. The van der Waals surface area contributed by atoms with Gasteiger partial charge in [0, 0.05) is 6.21 Å². The Balaban J connectivity index is 2.91. The quantitative estimate of drug-likeness (QED) is 0.518. The van der Waals surface area contributed by atoms with Crippen molar-refractivity contribution in [3.8, 4) is 5.75 Å². The van der Waals surface area contributed by atoms with Crippen LogP contribution >= 0.6 is 0 Å². The smallest absolute Gasteiger partial charge is 0.323 e. The van der Waals surface area contributed by atoms with Crippen molar-refractivity contribution in [1.29, 1.82) is 0 Å². The van der Waals surface area contributed by atoms with Crippen molar-refractivity contribution in [1.82, 2.24) is 0 Å². The predicted octanol–water partition coefficient (Wildman–Crippen LogP) is 0.880. The van der Waals surface area contributed by atoms with Crippen LogP contribution in [-0.4, -0.2) is 33.5 Å². The van der Waals surface area contributed by atoms with Crippen molar-refractivity contribution >= 4 is 23.8 Å². The molecule has 1 aromatic carbocycles. The number of rotatable bonds is 4. The highest BCUT2D eigenvalue weighted by Gasteiger charge is 2.23. The number of aliphatic carboxylic acids is 2. The Kier molecular flexibility index (Phi) is 3.60. The number of aliphatic imine (C=N–C) groups is 1. The van der Waals surface area contributed by atoms with Gasteiger partial charge in [0.05, 0.1) is 0 Å². The molecule has 0 aliphatic heterocycles. The van der Waals surface area contributed by atoms with E-state index in [1.807, 2.05) is 0 Å². The minimum Gasteiger partial charge on any atom is -0.506 e. The standard InChI is InChI=1S/C10H9NO5/c12-8-4-2-1-3-7(8)11-5-6(9(13)14)10(15)16/h1-6,12H,(H,13,14)(H,15,16). The van der Waals surface area contributed by atoms with Crippen molar-refractivity contribution in [3.05, 3.63) is 24.3 Å². The summed E-state index contributed by atoms with van der Waals surface area (Å²) < 4.78 is 0. The number of carboxylic acids is 2. The Hall–Kier alpha value is -2.37. The van der Waals surface area contributed by atoms with Gasteiger partial charge >= 0.3 is 11.9 Å². The number of para-hydroxylation sites is 2. The third-order valence-electron chi connectivity index (χ3n) is 1.78. The normalized spacial score (nSPS) is 10.8. The second-order valence-corrected chi connectivity index (χ2v) is 2.92. The summed E-state index contributed by atoms with van der Waals surface area (Å²) in [5, 5.41) is 26.4. The Bertz CT molecular complexity index is 427. The molecule has 0 bridgehead atoms. The summed E-state index contributed by atoms with van der Waals surface area (Å²) in [4.78, 5) is 24.6. The van der Waals surface area contributed by atoms with Gasteiger partial charge in [0.2, 0.25) is 0 Å². The van der Waals surface area contributed by atoms with Crippen LogP contribution in [0.4, 0.5) is 5.69 Å². The molecular formula is C10H9NO5. The molecule has 3 N–H and O–H groups in total. The van der Waals surface area contributed by atoms with Crippen LogP contribution < -0.4 is 0 Å². The summed E-state index contributed by atoms with van der Waals surface area (Å²) in [5.41, 5.74) is 0.120. The first-order valence-electron chi connectivity index (χ1n) is 4.30. The molecule has 6 nitrogen and oxygen atoms in total. The van der Waals surface area contributed by atoms with Crippen LogP contribution in [0.3, 0.4) is 0 Å². The maximum Gasteiger partial charge on any atom is 0.323 e. The number of phenolic OH excluding ortho intramolecular Hbond substituents is 1. The van der Waals surface area contributed by atoms with E-state index in [4.69, 9.17) is 10.2 Å². The maximum atomic E-state index is 10.5. The topological polar surface area (TPSA) is 107 Å². The summed E-state index contributed by atoms with van der Waals surface area (Å²) in [6.07, 6.45) is 0.764. The third-order valence-corrected chi connectivity index (χ3v) is 1.78. The largest absolute Gasteiger partial charge is 0.506 e. The van der Waals surface area contributed by atoms with Crippen LogP contribution in [0.25, 0.3) is 0 Å². The molecule has 0 atom stereocenters. The van der Waals surface area contributed by atoms with Gasteiger partial charge in [-0.15, -0.1) is 0 Å². The lowest BCUT2D eigenvalue weighted by Crippen LogP contribution is -2.24. The van der Waals surface area contributed by atoms with Gasteiger partial charge in [-0.1, -0.05) is 12.1 Å². The van der Waals surface area contributed by atoms with E-state index in [1.165, 1.54) is 12.1 Å². The second kappa shape index (κ2) is 4.92. The average Bonchev–Trinajstić information content (AvgIpc) is 2.20. The van der Waals surface area contributed by atoms with Crippen molar-refractivity contribution in [2.75, 3.05) is 0 Å². The molecule has 16 heavy (non-hydrogen) atoms. The van der Waals surface area contributed by atoms with Crippen LogP contribution in [0.5, 0.6) is 5.75 Å². The van der Waals surface area contributed by atoms with Crippen molar-refractivity contribution in [2.45, 2.75) is 0 Å². The van der Waals surface area contributed by atoms with E-state index in [1.54, 1.807) is 12.1 Å². The molecule has 0 unspecified atom stereocenters. The van der Waals surface area contributed by atoms with Gasteiger partial charge in [0.1, 0.15) is 11.4 Å². The van der Waals surface area contributed by atoms with Crippen molar-refractivity contribution in [3.63, 3.8) is 0 Å². The molecule has 0 heterocycles. The van der Waals surface area contributed by atoms with E-state index < -0.39 is 17.9 Å². The van der Waals surface area contributed by atoms with E-state index >= 15 is 0 Å². The van der Waals surface area contributed by atoms with Gasteiger partial charge < -0.3 is 15.3 Å². The molecule has 84 valence electrons. The number of phenols is 1. The van der Waals surface area contributed by atoms with E-state index in [0.717, 1.165) is 6.21 Å². The Morgan fingerprint density at radius 3 is 2.25 bits per heavy atom. The lowest BCUT2D eigenvalue weighted by molar-refractivity contribution is -0.150. The fraction of sp³-hybridized carbons (Fsp3) is 0.100. The monoisotopic (exact) mass is 223 g/mol. The second-order valence-electron chi connectivity index (χ2n) is 2.92. The molecule has 1 aromatic rings. The van der Waals surface area contributed by atoms with Crippen LogP contribution in [0.15, 0.2) is 29.3 Å². The maximum absolute atomic E-state index is 10.5. The zero-order valence-corrected chi connectivity index (χ0v) is 8.07. The highest BCUT2D eigenvalue weighted by atomic mass is 16.4. The van der Waals surface area contributed by atoms with Gasteiger partial charge in [0.15, 0.2) is 5.92 Å². The first-order valence-corrected chi connectivity index (χ1v) is 4.30. The summed E-state index contributed by atoms with van der Waals surface area (Å²) in [6.45, 7) is 0. The number of hydrogen-bond donors (Lipinski definition) is 3. The van der Waals surface area contributed by atoms with Crippen LogP contribution in [0, 0.1) is 5.92 Å². The lowest BCUT2D eigenvalue weighted by Gasteiger charge is -2.00. The summed E-state index contributed by atoms with van der Waals surface area (Å²) in [7, 11) is 0. The average molecular weight is 223 g/mol. The number of benzene rings is 1. The number of carbonyl (C=O) groups is 2. The highest BCUT2D eigenvalue weighted by Crippen LogP contribution is 2.24. The molecular weight excluding hydrogens is 214 g/mol. The predicted molar refractivity (Wildman–Crippen MR) is 55.0 cm³/mol. The Morgan fingerprint density at radius 1 is 1.19 bits per heavy atom. The molecule has 6 heteroatoms. The van der Waals surface area contributed by atoms with Crippen LogP contribution in [0.2, 0.25) is 0 Å². The minimum absolute atomic E-state index is 0.120. The first kappa shape index (κ1) is 11.7. The van der Waals surface area contributed by atoms with Gasteiger partial charge in [-0.05, 0) is 12.1 Å². The van der Waals surface area contributed by atoms with E-state index in [2.05, 4.69) is 4.99 Å². The minimum atomic E-state index is -1.72. The molecule has 0 saturated heterocycles. The number of nitrogens with zero attached hydrogens (tertiary/aromatic N) is 1. The molecule has 1 rings (SSSR count). The summed E-state index contributed by atoms with van der Waals surface area (Å²) in [6, 6.07) is 5.96. The molecule has 0 saturated carbocycles. The molecule has 0 aliphatic carbocycles. The number of hydrogen-bond acceptors (Lipinski definition) is 4. The van der Waals surface area contributed by atoms with Gasteiger partial charge in [-0.25, -0.2) is 0 Å². The summed E-state index contributed by atoms with van der Waals surface area (Å²) in [5.74, 6) is -4.88. The fourth-order valence-electron chi connectivity index (χ4n) is 0.961. The van der Waals surface area contributed by atoms with Gasteiger partial charge in [-0.3, -0.25) is 14.6 Å². The molecule has 0 fully saturated rings. The fourth-order valence-corrected chi connectivity index (χ4v) is 0.961. The number of aromatic hydroxyl groups is 1. The van der Waals surface area contributed by atoms with E-state index in [0.29, 0.717) is 0 Å². The van der Waals surface area contributed by atoms with Crippen molar-refractivity contribution < 1.29 is 24.9 Å². The van der Waals surface area contributed by atoms with E-state index in [9.17, 15) is 14.7 Å². The van der Waals surface area contributed by atoms with Gasteiger partial charge in [-0.2, -0.15) is 0 Å². The molecule has 0 radical (unpaired) electrons. The molecule has 0 aromatic heterocycles. The first-order chi connectivity index (χ1) is 7.52. The zero-order valence-electron chi connectivity index (χ0n) is 8.07. The van der Waals surface area contributed by atoms with Crippen molar-refractivity contribution in [2.24, 2.45) is 10.9 Å². The summed E-state index contributed by atoms with van der Waals surface area (Å²) >= 11 is 0. The number of carboxylic acid groups (broad SMARTS) is 2. The SMILES string of the molecule is O=C(O)C(C=Nc1ccccc1O)C(=O)O.